The first kappa shape index (κ1) is 20.1. The van der Waals surface area contributed by atoms with Crippen molar-refractivity contribution in [3.8, 4) is 6.07 Å². The lowest BCUT2D eigenvalue weighted by Crippen LogP contribution is -2.52. The summed E-state index contributed by atoms with van der Waals surface area (Å²) in [5, 5.41) is 22.5. The number of halogens is 1. The minimum Gasteiger partial charge on any atom is -0.480 e. The Bertz CT molecular complexity index is 672. The highest BCUT2D eigenvalue weighted by molar-refractivity contribution is 5.90. The molecule has 2 atom stereocenters. The summed E-state index contributed by atoms with van der Waals surface area (Å²) in [6, 6.07) is 5.29. The molecule has 8 heteroatoms. The molecule has 0 radical (unpaired) electrons. The number of hydrogen-bond donors (Lipinski definition) is 3. The molecule has 0 heterocycles. The fraction of sp³-hybridized carbons (Fsp3) is 0.412. The number of nitrogens with one attached hydrogen (secondary N) is 2. The summed E-state index contributed by atoms with van der Waals surface area (Å²) in [6.07, 6.45) is 0.621. The number of nitriles is 1. The standard InChI is InChI=1S/C17H20FN3O4/c1-11(22)20-15(10-12-5-4-6-13(18)9-12)16(23)21-14(17(24)25)7-2-3-8-19/h4-6,9,14-15H,2-3,7,10H2,1H3,(H,20,22)(H,21,23)(H,24,25)/t14-,15+/m1/s1. The van der Waals surface area contributed by atoms with Gasteiger partial charge in [-0.15, -0.1) is 0 Å². The number of nitrogens with zero attached hydrogens (tertiary/aromatic N) is 1. The maximum atomic E-state index is 13.3. The van der Waals surface area contributed by atoms with E-state index in [1.165, 1.54) is 25.1 Å². The number of carbonyl (C=O) groups is 3. The fourth-order valence-electron chi connectivity index (χ4n) is 2.27. The van der Waals surface area contributed by atoms with Crippen molar-refractivity contribution < 1.29 is 23.9 Å². The molecule has 1 aromatic carbocycles. The summed E-state index contributed by atoms with van der Waals surface area (Å²) < 4.78 is 13.3. The van der Waals surface area contributed by atoms with Gasteiger partial charge in [0.05, 0.1) is 6.07 Å². The molecule has 25 heavy (non-hydrogen) atoms. The van der Waals surface area contributed by atoms with Gasteiger partial charge in [-0.1, -0.05) is 12.1 Å². The Morgan fingerprint density at radius 2 is 2.00 bits per heavy atom. The molecule has 0 aromatic heterocycles. The second kappa shape index (κ2) is 10.0. The topological polar surface area (TPSA) is 119 Å². The van der Waals surface area contributed by atoms with Gasteiger partial charge in [0.15, 0.2) is 0 Å². The third-order valence-electron chi connectivity index (χ3n) is 3.42. The molecule has 0 unspecified atom stereocenters. The smallest absolute Gasteiger partial charge is 0.326 e. The van der Waals surface area contributed by atoms with Gasteiger partial charge in [0.25, 0.3) is 0 Å². The van der Waals surface area contributed by atoms with E-state index >= 15 is 0 Å². The van der Waals surface area contributed by atoms with Crippen molar-refractivity contribution in [2.75, 3.05) is 0 Å². The van der Waals surface area contributed by atoms with E-state index in [4.69, 9.17) is 5.26 Å². The van der Waals surface area contributed by atoms with Crippen LogP contribution in [0, 0.1) is 17.1 Å². The van der Waals surface area contributed by atoms with E-state index in [1.807, 2.05) is 6.07 Å². The summed E-state index contributed by atoms with van der Waals surface area (Å²) in [5.74, 6) is -2.84. The van der Waals surface area contributed by atoms with Crippen LogP contribution in [0.4, 0.5) is 4.39 Å². The van der Waals surface area contributed by atoms with Crippen molar-refractivity contribution in [3.05, 3.63) is 35.6 Å². The molecule has 2 amide bonds. The number of benzene rings is 1. The molecular weight excluding hydrogens is 329 g/mol. The zero-order valence-electron chi connectivity index (χ0n) is 13.8. The highest BCUT2D eigenvalue weighted by Crippen LogP contribution is 2.08. The Morgan fingerprint density at radius 1 is 1.28 bits per heavy atom. The van der Waals surface area contributed by atoms with Crippen LogP contribution in [0.2, 0.25) is 0 Å². The lowest BCUT2D eigenvalue weighted by molar-refractivity contribution is -0.142. The number of aliphatic carboxylic acids is 1. The summed E-state index contributed by atoms with van der Waals surface area (Å²) in [6.45, 7) is 1.23. The molecule has 0 aliphatic rings. The van der Waals surface area contributed by atoms with Crippen molar-refractivity contribution in [2.45, 2.75) is 44.7 Å². The van der Waals surface area contributed by atoms with Gasteiger partial charge in [0, 0.05) is 19.8 Å². The van der Waals surface area contributed by atoms with E-state index in [0.717, 1.165) is 0 Å². The van der Waals surface area contributed by atoms with Crippen molar-refractivity contribution in [3.63, 3.8) is 0 Å². The highest BCUT2D eigenvalue weighted by atomic mass is 19.1. The van der Waals surface area contributed by atoms with Gasteiger partial charge in [-0.05, 0) is 30.5 Å². The second-order valence-corrected chi connectivity index (χ2v) is 5.54. The number of carbonyl (C=O) groups excluding carboxylic acids is 2. The SMILES string of the molecule is CC(=O)N[C@@H](Cc1cccc(F)c1)C(=O)N[C@H](CCCC#N)C(=O)O. The quantitative estimate of drug-likeness (QED) is 0.578. The van der Waals surface area contributed by atoms with E-state index in [2.05, 4.69) is 10.6 Å². The molecule has 7 nitrogen and oxygen atoms in total. The molecule has 134 valence electrons. The van der Waals surface area contributed by atoms with E-state index in [1.54, 1.807) is 6.07 Å². The molecule has 3 N–H and O–H groups in total. The van der Waals surface area contributed by atoms with E-state index in [9.17, 15) is 23.9 Å². The number of carboxylic acid groups (broad SMARTS) is 1. The molecule has 0 saturated heterocycles. The van der Waals surface area contributed by atoms with Gasteiger partial charge in [-0.2, -0.15) is 5.26 Å². The first-order valence-electron chi connectivity index (χ1n) is 7.75. The maximum Gasteiger partial charge on any atom is 0.326 e. The Hall–Kier alpha value is -2.95. The number of carboxylic acids is 1. The van der Waals surface area contributed by atoms with Crippen LogP contribution in [0.1, 0.15) is 31.7 Å². The minimum absolute atomic E-state index is 0.0215. The third kappa shape index (κ3) is 7.44. The Labute approximate surface area is 144 Å². The lowest BCUT2D eigenvalue weighted by atomic mass is 10.0. The van der Waals surface area contributed by atoms with Crippen LogP contribution in [0.15, 0.2) is 24.3 Å². The van der Waals surface area contributed by atoms with Crippen molar-refractivity contribution in [2.24, 2.45) is 0 Å². The summed E-state index contributed by atoms with van der Waals surface area (Å²) >= 11 is 0. The summed E-state index contributed by atoms with van der Waals surface area (Å²) in [5.41, 5.74) is 0.491. The minimum atomic E-state index is -1.22. The normalized spacial score (nSPS) is 12.5. The molecular formula is C17H20FN3O4. The van der Waals surface area contributed by atoms with Crippen LogP contribution in [-0.4, -0.2) is 35.0 Å². The molecule has 1 aromatic rings. The predicted octanol–water partition coefficient (Wildman–Crippen LogP) is 1.14. The average Bonchev–Trinajstić information content (AvgIpc) is 2.52. The number of unbranched alkanes of at least 4 members (excludes halogenated alkanes) is 1. The van der Waals surface area contributed by atoms with Gasteiger partial charge < -0.3 is 15.7 Å². The number of hydrogen-bond acceptors (Lipinski definition) is 4. The second-order valence-electron chi connectivity index (χ2n) is 5.54. The van der Waals surface area contributed by atoms with Crippen LogP contribution in [0.3, 0.4) is 0 Å². The van der Waals surface area contributed by atoms with Crippen molar-refractivity contribution in [1.29, 1.82) is 5.26 Å². The molecule has 0 aliphatic heterocycles. The zero-order valence-corrected chi connectivity index (χ0v) is 13.8. The lowest BCUT2D eigenvalue weighted by Gasteiger charge is -2.21. The van der Waals surface area contributed by atoms with Crippen molar-refractivity contribution in [1.82, 2.24) is 10.6 Å². The summed E-state index contributed by atoms with van der Waals surface area (Å²) in [4.78, 5) is 34.9. The third-order valence-corrected chi connectivity index (χ3v) is 3.42. The van der Waals surface area contributed by atoms with E-state index in [-0.39, 0.29) is 19.3 Å². The summed E-state index contributed by atoms with van der Waals surface area (Å²) in [7, 11) is 0. The van der Waals surface area contributed by atoms with E-state index < -0.39 is 35.7 Å². The number of rotatable bonds is 9. The zero-order chi connectivity index (χ0) is 18.8. The van der Waals surface area contributed by atoms with Crippen LogP contribution in [-0.2, 0) is 20.8 Å². The van der Waals surface area contributed by atoms with Gasteiger partial charge in [-0.3, -0.25) is 9.59 Å². The Kier molecular flexibility index (Phi) is 8.06. The Morgan fingerprint density at radius 3 is 2.56 bits per heavy atom. The van der Waals surface area contributed by atoms with Crippen LogP contribution >= 0.6 is 0 Å². The van der Waals surface area contributed by atoms with Crippen LogP contribution in [0.25, 0.3) is 0 Å². The fourth-order valence-corrected chi connectivity index (χ4v) is 2.27. The monoisotopic (exact) mass is 349 g/mol. The molecule has 0 fully saturated rings. The van der Waals surface area contributed by atoms with Crippen molar-refractivity contribution >= 4 is 17.8 Å². The largest absolute Gasteiger partial charge is 0.480 e. The first-order valence-corrected chi connectivity index (χ1v) is 7.75. The van der Waals surface area contributed by atoms with Gasteiger partial charge in [-0.25, -0.2) is 9.18 Å². The molecule has 0 saturated carbocycles. The van der Waals surface area contributed by atoms with Crippen LogP contribution < -0.4 is 10.6 Å². The number of amides is 2. The molecule has 0 spiro atoms. The maximum absolute atomic E-state index is 13.3. The van der Waals surface area contributed by atoms with Gasteiger partial charge in [0.2, 0.25) is 11.8 Å². The average molecular weight is 349 g/mol. The predicted molar refractivity (Wildman–Crippen MR) is 86.7 cm³/mol. The Balaban J connectivity index is 2.82. The molecule has 0 aliphatic carbocycles. The first-order chi connectivity index (χ1) is 11.8. The molecule has 0 bridgehead atoms. The van der Waals surface area contributed by atoms with Gasteiger partial charge in [0.1, 0.15) is 17.9 Å². The van der Waals surface area contributed by atoms with Crippen LogP contribution in [0.5, 0.6) is 0 Å². The molecule has 1 rings (SSSR count). The highest BCUT2D eigenvalue weighted by Gasteiger charge is 2.26. The van der Waals surface area contributed by atoms with Gasteiger partial charge >= 0.3 is 5.97 Å². The van der Waals surface area contributed by atoms with E-state index in [0.29, 0.717) is 12.0 Å².